The molecular weight excluding hydrogens is 340 g/mol. The Morgan fingerprint density at radius 1 is 0.778 bits per heavy atom. The van der Waals surface area contributed by atoms with Gasteiger partial charge < -0.3 is 14.5 Å². The van der Waals surface area contributed by atoms with Gasteiger partial charge in [0.2, 0.25) is 0 Å². The highest BCUT2D eigenvalue weighted by molar-refractivity contribution is 5.80. The second kappa shape index (κ2) is 6.96. The van der Waals surface area contributed by atoms with Crippen molar-refractivity contribution in [2.24, 2.45) is 0 Å². The molecule has 1 heterocycles. The summed E-state index contributed by atoms with van der Waals surface area (Å²) >= 11 is 0. The Labute approximate surface area is 156 Å². The van der Waals surface area contributed by atoms with Crippen molar-refractivity contribution in [3.8, 4) is 34.0 Å². The van der Waals surface area contributed by atoms with Crippen LogP contribution >= 0.6 is 0 Å². The minimum atomic E-state index is -0.146. The predicted octanol–water partition coefficient (Wildman–Crippen LogP) is 4.27. The van der Waals surface area contributed by atoms with E-state index in [4.69, 9.17) is 9.47 Å². The van der Waals surface area contributed by atoms with E-state index in [2.05, 4.69) is 9.97 Å². The quantitative estimate of drug-likeness (QED) is 0.592. The van der Waals surface area contributed by atoms with E-state index in [-0.39, 0.29) is 5.56 Å². The third-order valence-electron chi connectivity index (χ3n) is 4.47. The van der Waals surface area contributed by atoms with E-state index in [1.165, 1.54) is 0 Å². The van der Waals surface area contributed by atoms with Gasteiger partial charge in [0.25, 0.3) is 5.56 Å². The summed E-state index contributed by atoms with van der Waals surface area (Å²) in [5.74, 6) is 1.89. The molecule has 5 heteroatoms. The maximum absolute atomic E-state index is 12.4. The first-order valence-corrected chi connectivity index (χ1v) is 8.51. The lowest BCUT2D eigenvalue weighted by molar-refractivity contribution is 0.355. The minimum Gasteiger partial charge on any atom is -0.493 e. The number of benzene rings is 3. The minimum absolute atomic E-state index is 0.146. The first-order valence-electron chi connectivity index (χ1n) is 8.51. The lowest BCUT2D eigenvalue weighted by Crippen LogP contribution is -2.09. The monoisotopic (exact) mass is 358 g/mol. The number of nitrogens with one attached hydrogen (secondary N) is 1. The van der Waals surface area contributed by atoms with E-state index in [0.29, 0.717) is 28.2 Å². The molecule has 134 valence electrons. The van der Waals surface area contributed by atoms with E-state index in [1.54, 1.807) is 20.3 Å². The number of hydrogen-bond acceptors (Lipinski definition) is 4. The molecule has 0 fully saturated rings. The van der Waals surface area contributed by atoms with Crippen molar-refractivity contribution in [2.75, 3.05) is 14.2 Å². The molecule has 0 unspecified atom stereocenters. The molecule has 0 amide bonds. The van der Waals surface area contributed by atoms with Crippen LogP contribution in [0.3, 0.4) is 0 Å². The summed E-state index contributed by atoms with van der Waals surface area (Å²) < 4.78 is 10.7. The van der Waals surface area contributed by atoms with Crippen LogP contribution in [0.1, 0.15) is 0 Å². The van der Waals surface area contributed by atoms with Gasteiger partial charge in [-0.1, -0.05) is 36.4 Å². The topological polar surface area (TPSA) is 64.2 Å². The van der Waals surface area contributed by atoms with Gasteiger partial charge >= 0.3 is 0 Å². The summed E-state index contributed by atoms with van der Waals surface area (Å²) in [6.45, 7) is 0. The van der Waals surface area contributed by atoms with Gasteiger partial charge in [0.05, 0.1) is 25.1 Å². The molecule has 0 aliphatic carbocycles. The Balaban J connectivity index is 1.81. The Bertz CT molecular complexity index is 1180. The fraction of sp³-hybridized carbons (Fsp3) is 0.0909. The number of hydrogen-bond donors (Lipinski definition) is 1. The number of para-hydroxylation sites is 1. The molecule has 0 atom stereocenters. The molecular formula is C22H18N2O3. The Kier molecular flexibility index (Phi) is 4.34. The fourth-order valence-electron chi connectivity index (χ4n) is 3.08. The SMILES string of the molecule is COc1ccc(-c2cccc(-c3nc4ccccc4c(=O)[nH]3)c2)cc1OC. The van der Waals surface area contributed by atoms with Gasteiger partial charge in [0.15, 0.2) is 11.5 Å². The van der Waals surface area contributed by atoms with Crippen LogP contribution in [0.25, 0.3) is 33.4 Å². The zero-order valence-corrected chi connectivity index (χ0v) is 15.0. The summed E-state index contributed by atoms with van der Waals surface area (Å²) in [6.07, 6.45) is 0. The summed E-state index contributed by atoms with van der Waals surface area (Å²) in [5.41, 5.74) is 3.34. The molecule has 0 bridgehead atoms. The Hall–Kier alpha value is -3.60. The highest BCUT2D eigenvalue weighted by Crippen LogP contribution is 2.33. The van der Waals surface area contributed by atoms with Gasteiger partial charge in [-0.3, -0.25) is 4.79 Å². The third kappa shape index (κ3) is 3.15. The van der Waals surface area contributed by atoms with E-state index >= 15 is 0 Å². The lowest BCUT2D eigenvalue weighted by atomic mass is 10.0. The largest absolute Gasteiger partial charge is 0.493 e. The normalized spacial score (nSPS) is 10.7. The summed E-state index contributed by atoms with van der Waals surface area (Å²) in [7, 11) is 3.22. The second-order valence-corrected chi connectivity index (χ2v) is 6.08. The maximum atomic E-state index is 12.4. The smallest absolute Gasteiger partial charge is 0.259 e. The van der Waals surface area contributed by atoms with Crippen LogP contribution in [0.4, 0.5) is 0 Å². The van der Waals surface area contributed by atoms with Crippen molar-refractivity contribution in [1.29, 1.82) is 0 Å². The van der Waals surface area contributed by atoms with Crippen molar-refractivity contribution in [3.05, 3.63) is 77.1 Å². The highest BCUT2D eigenvalue weighted by Gasteiger charge is 2.09. The molecule has 5 nitrogen and oxygen atoms in total. The fourth-order valence-corrected chi connectivity index (χ4v) is 3.08. The van der Waals surface area contributed by atoms with E-state index in [1.807, 2.05) is 60.7 Å². The van der Waals surface area contributed by atoms with Crippen LogP contribution in [0.15, 0.2) is 71.5 Å². The number of nitrogens with zero attached hydrogens (tertiary/aromatic N) is 1. The van der Waals surface area contributed by atoms with Crippen LogP contribution in [-0.2, 0) is 0 Å². The van der Waals surface area contributed by atoms with Crippen LogP contribution in [0, 0.1) is 0 Å². The predicted molar refractivity (Wildman–Crippen MR) is 106 cm³/mol. The van der Waals surface area contributed by atoms with E-state index < -0.39 is 0 Å². The van der Waals surface area contributed by atoms with Crippen LogP contribution in [-0.4, -0.2) is 24.2 Å². The molecule has 0 radical (unpaired) electrons. The standard InChI is InChI=1S/C22H18N2O3/c1-26-19-11-10-15(13-20(19)27-2)14-6-5-7-16(12-14)21-23-18-9-4-3-8-17(18)22(25)24-21/h3-13H,1-2H3,(H,23,24,25). The zero-order valence-electron chi connectivity index (χ0n) is 15.0. The molecule has 1 aromatic heterocycles. The van der Waals surface area contributed by atoms with Gasteiger partial charge in [-0.2, -0.15) is 0 Å². The molecule has 0 aliphatic heterocycles. The third-order valence-corrected chi connectivity index (χ3v) is 4.47. The van der Waals surface area contributed by atoms with Gasteiger partial charge in [-0.15, -0.1) is 0 Å². The van der Waals surface area contributed by atoms with Crippen molar-refractivity contribution < 1.29 is 9.47 Å². The molecule has 0 saturated carbocycles. The first-order chi connectivity index (χ1) is 13.2. The molecule has 27 heavy (non-hydrogen) atoms. The molecule has 4 rings (SSSR count). The number of fused-ring (bicyclic) bond motifs is 1. The van der Waals surface area contributed by atoms with Crippen molar-refractivity contribution in [3.63, 3.8) is 0 Å². The second-order valence-electron chi connectivity index (χ2n) is 6.08. The Morgan fingerprint density at radius 2 is 1.52 bits per heavy atom. The average molecular weight is 358 g/mol. The van der Waals surface area contributed by atoms with Crippen molar-refractivity contribution >= 4 is 10.9 Å². The van der Waals surface area contributed by atoms with Crippen LogP contribution < -0.4 is 15.0 Å². The number of methoxy groups -OCH3 is 2. The maximum Gasteiger partial charge on any atom is 0.259 e. The van der Waals surface area contributed by atoms with Gasteiger partial charge in [-0.05, 0) is 41.5 Å². The first kappa shape index (κ1) is 16.8. The zero-order chi connectivity index (χ0) is 18.8. The van der Waals surface area contributed by atoms with Gasteiger partial charge in [-0.25, -0.2) is 4.98 Å². The number of ether oxygens (including phenoxy) is 2. The van der Waals surface area contributed by atoms with E-state index in [9.17, 15) is 4.79 Å². The number of aromatic amines is 1. The van der Waals surface area contributed by atoms with Crippen LogP contribution in [0.5, 0.6) is 11.5 Å². The number of H-pyrrole nitrogens is 1. The Morgan fingerprint density at radius 3 is 2.33 bits per heavy atom. The van der Waals surface area contributed by atoms with Crippen molar-refractivity contribution in [2.45, 2.75) is 0 Å². The molecule has 0 saturated heterocycles. The summed E-state index contributed by atoms with van der Waals surface area (Å²) in [6, 6.07) is 20.9. The average Bonchev–Trinajstić information content (AvgIpc) is 2.73. The molecule has 0 aliphatic rings. The summed E-state index contributed by atoms with van der Waals surface area (Å²) in [5, 5.41) is 0.581. The van der Waals surface area contributed by atoms with Gasteiger partial charge in [0, 0.05) is 5.56 Å². The molecule has 4 aromatic rings. The lowest BCUT2D eigenvalue weighted by Gasteiger charge is -2.11. The number of rotatable bonds is 4. The highest BCUT2D eigenvalue weighted by atomic mass is 16.5. The van der Waals surface area contributed by atoms with Crippen molar-refractivity contribution in [1.82, 2.24) is 9.97 Å². The van der Waals surface area contributed by atoms with E-state index in [0.717, 1.165) is 16.7 Å². The summed E-state index contributed by atoms with van der Waals surface area (Å²) in [4.78, 5) is 19.8. The molecule has 3 aromatic carbocycles. The van der Waals surface area contributed by atoms with Crippen LogP contribution in [0.2, 0.25) is 0 Å². The van der Waals surface area contributed by atoms with Gasteiger partial charge in [0.1, 0.15) is 5.82 Å². The number of aromatic nitrogens is 2. The molecule has 0 spiro atoms. The molecule has 1 N–H and O–H groups in total.